The fraction of sp³-hybridized carbons (Fsp3) is 0.345. The van der Waals surface area contributed by atoms with E-state index in [0.717, 1.165) is 18.5 Å². The largest absolute Gasteiger partial charge is 0.457 e. The van der Waals surface area contributed by atoms with Gasteiger partial charge in [0.15, 0.2) is 0 Å². The molecule has 0 bridgehead atoms. The fourth-order valence-corrected chi connectivity index (χ4v) is 4.31. The highest BCUT2D eigenvalue weighted by atomic mass is 16.5. The highest BCUT2D eigenvalue weighted by Crippen LogP contribution is 2.29. The van der Waals surface area contributed by atoms with Crippen molar-refractivity contribution in [3.8, 4) is 0 Å². The molecule has 3 aromatic rings. The van der Waals surface area contributed by atoms with Crippen molar-refractivity contribution < 1.29 is 9.53 Å². The first-order chi connectivity index (χ1) is 15.5. The molecule has 0 aliphatic carbocycles. The van der Waals surface area contributed by atoms with Gasteiger partial charge in [-0.2, -0.15) is 0 Å². The fourth-order valence-electron chi connectivity index (χ4n) is 4.31. The van der Waals surface area contributed by atoms with Gasteiger partial charge in [0.25, 0.3) is 0 Å². The Morgan fingerprint density at radius 1 is 0.781 bits per heavy atom. The number of rotatable bonds is 10. The number of carbonyl (C=O) groups is 1. The Labute approximate surface area is 193 Å². The Bertz CT molecular complexity index is 959. The maximum absolute atomic E-state index is 12.3. The summed E-state index contributed by atoms with van der Waals surface area (Å²) in [6.07, 6.45) is 1.04. The molecule has 1 atom stereocenters. The number of ether oxygens (including phenoxy) is 1. The van der Waals surface area contributed by atoms with Crippen LogP contribution in [0.1, 0.15) is 67.1 Å². The van der Waals surface area contributed by atoms with Gasteiger partial charge in [0.1, 0.15) is 6.61 Å². The van der Waals surface area contributed by atoms with Gasteiger partial charge in [-0.05, 0) is 69.5 Å². The summed E-state index contributed by atoms with van der Waals surface area (Å²) in [7, 11) is 0. The van der Waals surface area contributed by atoms with Crippen LogP contribution in [0.15, 0.2) is 84.9 Å². The van der Waals surface area contributed by atoms with Crippen molar-refractivity contribution in [3.05, 3.63) is 107 Å². The maximum Gasteiger partial charge on any atom is 0.338 e. The summed E-state index contributed by atoms with van der Waals surface area (Å²) >= 11 is 0. The second-order valence-electron chi connectivity index (χ2n) is 8.86. The Morgan fingerprint density at radius 3 is 2.00 bits per heavy atom. The van der Waals surface area contributed by atoms with E-state index in [1.54, 1.807) is 12.1 Å². The summed E-state index contributed by atoms with van der Waals surface area (Å²) < 4.78 is 5.57. The Kier molecular flexibility index (Phi) is 8.64. The molecule has 0 saturated carbocycles. The summed E-state index contributed by atoms with van der Waals surface area (Å²) in [6.45, 7) is 10.4. The van der Waals surface area contributed by atoms with E-state index >= 15 is 0 Å². The van der Waals surface area contributed by atoms with Crippen molar-refractivity contribution in [1.82, 2.24) is 4.90 Å². The third-order valence-electron chi connectivity index (χ3n) is 5.94. The van der Waals surface area contributed by atoms with Crippen LogP contribution in [0.4, 0.5) is 0 Å². The van der Waals surface area contributed by atoms with Crippen LogP contribution < -0.4 is 0 Å². The SMILES string of the molecule is CC(C)N(CCC(c1ccccc1)c1cccc(COC(=O)c2ccccc2)c1)C(C)C. The zero-order valence-corrected chi connectivity index (χ0v) is 19.7. The van der Waals surface area contributed by atoms with Gasteiger partial charge < -0.3 is 4.74 Å². The lowest BCUT2D eigenvalue weighted by molar-refractivity contribution is 0.0472. The molecule has 0 radical (unpaired) electrons. The van der Waals surface area contributed by atoms with Gasteiger partial charge in [-0.1, -0.05) is 72.8 Å². The van der Waals surface area contributed by atoms with Gasteiger partial charge in [-0.3, -0.25) is 4.90 Å². The standard InChI is InChI=1S/C29H35NO2/c1-22(2)30(23(3)4)19-18-28(25-13-7-5-8-14-25)27-17-11-12-24(20-27)21-32-29(31)26-15-9-6-10-16-26/h5-17,20,22-23,28H,18-19,21H2,1-4H3. The van der Waals surface area contributed by atoms with E-state index in [1.807, 2.05) is 24.3 Å². The molecule has 0 saturated heterocycles. The second kappa shape index (κ2) is 11.6. The summed E-state index contributed by atoms with van der Waals surface area (Å²) in [5.41, 5.74) is 4.17. The van der Waals surface area contributed by atoms with Gasteiger partial charge >= 0.3 is 5.97 Å². The van der Waals surface area contributed by atoms with Crippen molar-refractivity contribution in [1.29, 1.82) is 0 Å². The number of carbonyl (C=O) groups excluding carboxylic acids is 1. The molecule has 168 valence electrons. The minimum atomic E-state index is -0.292. The highest BCUT2D eigenvalue weighted by Gasteiger charge is 2.19. The third-order valence-corrected chi connectivity index (χ3v) is 5.94. The molecule has 0 spiro atoms. The van der Waals surface area contributed by atoms with Crippen molar-refractivity contribution >= 4 is 5.97 Å². The molecule has 32 heavy (non-hydrogen) atoms. The van der Waals surface area contributed by atoms with Crippen LogP contribution in [0.2, 0.25) is 0 Å². The topological polar surface area (TPSA) is 29.5 Å². The van der Waals surface area contributed by atoms with Crippen LogP contribution in [-0.4, -0.2) is 29.5 Å². The number of nitrogens with zero attached hydrogens (tertiary/aromatic N) is 1. The minimum Gasteiger partial charge on any atom is -0.457 e. The molecule has 3 heteroatoms. The third kappa shape index (κ3) is 6.54. The number of esters is 1. The molecule has 0 aromatic heterocycles. The molecule has 0 heterocycles. The Balaban J connectivity index is 1.77. The lowest BCUT2D eigenvalue weighted by atomic mass is 9.87. The lowest BCUT2D eigenvalue weighted by Crippen LogP contribution is -2.38. The van der Waals surface area contributed by atoms with Crippen LogP contribution in [0, 0.1) is 0 Å². The van der Waals surface area contributed by atoms with Crippen LogP contribution in [-0.2, 0) is 11.3 Å². The predicted octanol–water partition coefficient (Wildman–Crippen LogP) is 6.68. The van der Waals surface area contributed by atoms with Crippen molar-refractivity contribution in [2.45, 2.75) is 58.7 Å². The zero-order valence-electron chi connectivity index (χ0n) is 19.7. The molecular weight excluding hydrogens is 394 g/mol. The first-order valence-corrected chi connectivity index (χ1v) is 11.6. The molecule has 0 amide bonds. The quantitative estimate of drug-likeness (QED) is 0.337. The predicted molar refractivity (Wildman–Crippen MR) is 132 cm³/mol. The van der Waals surface area contributed by atoms with Crippen LogP contribution in [0.3, 0.4) is 0 Å². The molecule has 3 aromatic carbocycles. The minimum absolute atomic E-state index is 0.271. The number of benzene rings is 3. The smallest absolute Gasteiger partial charge is 0.338 e. The summed E-state index contributed by atoms with van der Waals surface area (Å²) in [6, 6.07) is 29.3. The van der Waals surface area contributed by atoms with E-state index in [1.165, 1.54) is 11.1 Å². The summed E-state index contributed by atoms with van der Waals surface area (Å²) in [4.78, 5) is 14.9. The summed E-state index contributed by atoms with van der Waals surface area (Å²) in [5, 5.41) is 0. The van der Waals surface area contributed by atoms with E-state index in [0.29, 0.717) is 23.6 Å². The van der Waals surface area contributed by atoms with E-state index in [9.17, 15) is 4.79 Å². The van der Waals surface area contributed by atoms with E-state index in [2.05, 4.69) is 81.1 Å². The normalized spacial score (nSPS) is 12.3. The molecular formula is C29H35NO2. The van der Waals surface area contributed by atoms with E-state index in [4.69, 9.17) is 4.74 Å². The van der Waals surface area contributed by atoms with E-state index < -0.39 is 0 Å². The van der Waals surface area contributed by atoms with Gasteiger partial charge in [0.05, 0.1) is 5.56 Å². The van der Waals surface area contributed by atoms with Crippen molar-refractivity contribution in [2.24, 2.45) is 0 Å². The van der Waals surface area contributed by atoms with Gasteiger partial charge in [-0.15, -0.1) is 0 Å². The average Bonchev–Trinajstić information content (AvgIpc) is 2.81. The first kappa shape index (κ1) is 23.7. The second-order valence-corrected chi connectivity index (χ2v) is 8.86. The van der Waals surface area contributed by atoms with Gasteiger partial charge in [0.2, 0.25) is 0 Å². The van der Waals surface area contributed by atoms with Gasteiger partial charge in [-0.25, -0.2) is 4.79 Å². The summed E-state index contributed by atoms with van der Waals surface area (Å²) in [5.74, 6) is 0.00101. The maximum atomic E-state index is 12.3. The molecule has 0 aliphatic heterocycles. The first-order valence-electron chi connectivity index (χ1n) is 11.6. The van der Waals surface area contributed by atoms with Crippen molar-refractivity contribution in [3.63, 3.8) is 0 Å². The average molecular weight is 430 g/mol. The van der Waals surface area contributed by atoms with Crippen LogP contribution in [0.25, 0.3) is 0 Å². The van der Waals surface area contributed by atoms with Crippen LogP contribution >= 0.6 is 0 Å². The molecule has 0 N–H and O–H groups in total. The Hall–Kier alpha value is -2.91. The zero-order chi connectivity index (χ0) is 22.9. The molecule has 0 fully saturated rings. The number of hydrogen-bond acceptors (Lipinski definition) is 3. The molecule has 3 rings (SSSR count). The number of hydrogen-bond donors (Lipinski definition) is 0. The van der Waals surface area contributed by atoms with Crippen molar-refractivity contribution in [2.75, 3.05) is 6.54 Å². The van der Waals surface area contributed by atoms with E-state index in [-0.39, 0.29) is 12.6 Å². The molecule has 0 aliphatic rings. The lowest BCUT2D eigenvalue weighted by Gasteiger charge is -2.32. The highest BCUT2D eigenvalue weighted by molar-refractivity contribution is 5.89. The molecule has 3 nitrogen and oxygen atoms in total. The van der Waals surface area contributed by atoms with Crippen LogP contribution in [0.5, 0.6) is 0 Å². The van der Waals surface area contributed by atoms with Gasteiger partial charge in [0, 0.05) is 18.0 Å². The molecule has 1 unspecified atom stereocenters. The monoisotopic (exact) mass is 429 g/mol. The Morgan fingerprint density at radius 2 is 1.38 bits per heavy atom.